The molecule has 1 heterocycles. The first-order valence-electron chi connectivity index (χ1n) is 7.01. The van der Waals surface area contributed by atoms with Gasteiger partial charge in [-0.1, -0.05) is 34.4 Å². The van der Waals surface area contributed by atoms with Crippen molar-refractivity contribution in [2.24, 2.45) is 5.73 Å². The minimum Gasteiger partial charge on any atom is -0.339 e. The van der Waals surface area contributed by atoms with Crippen LogP contribution in [0, 0.1) is 5.82 Å². The first-order valence-corrected chi connectivity index (χ1v) is 7.80. The third-order valence-electron chi connectivity index (χ3n) is 3.28. The molecule has 0 aliphatic heterocycles. The van der Waals surface area contributed by atoms with Crippen LogP contribution in [0.1, 0.15) is 44.9 Å². The van der Waals surface area contributed by atoms with E-state index >= 15 is 0 Å². The molecule has 2 rings (SSSR count). The topological polar surface area (TPSA) is 64.9 Å². The number of hydrogen-bond acceptors (Lipinski definition) is 4. The van der Waals surface area contributed by atoms with Gasteiger partial charge in [0.25, 0.3) is 0 Å². The molecule has 0 aliphatic carbocycles. The van der Waals surface area contributed by atoms with E-state index in [1.807, 2.05) is 13.8 Å². The Bertz CT molecular complexity index is 580. The Morgan fingerprint density at radius 1 is 1.29 bits per heavy atom. The lowest BCUT2D eigenvalue weighted by atomic mass is 10.0. The van der Waals surface area contributed by atoms with E-state index in [0.717, 1.165) is 19.3 Å². The minimum atomic E-state index is -0.337. The summed E-state index contributed by atoms with van der Waals surface area (Å²) in [4.78, 5) is 4.36. The van der Waals surface area contributed by atoms with Crippen LogP contribution >= 0.6 is 15.9 Å². The predicted octanol–water partition coefficient (Wildman–Crippen LogP) is 4.26. The Kier molecular flexibility index (Phi) is 5.47. The number of nitrogens with zero attached hydrogens (tertiary/aromatic N) is 2. The van der Waals surface area contributed by atoms with Gasteiger partial charge in [0, 0.05) is 22.0 Å². The molecule has 1 aromatic carbocycles. The molecule has 6 heteroatoms. The van der Waals surface area contributed by atoms with Gasteiger partial charge < -0.3 is 10.3 Å². The van der Waals surface area contributed by atoms with Gasteiger partial charge >= 0.3 is 0 Å². The summed E-state index contributed by atoms with van der Waals surface area (Å²) >= 11 is 3.26. The van der Waals surface area contributed by atoms with Crippen molar-refractivity contribution in [1.82, 2.24) is 10.1 Å². The van der Waals surface area contributed by atoms with Crippen molar-refractivity contribution < 1.29 is 8.91 Å². The summed E-state index contributed by atoms with van der Waals surface area (Å²) < 4.78 is 19.3. The highest BCUT2D eigenvalue weighted by atomic mass is 79.9. The van der Waals surface area contributed by atoms with Crippen molar-refractivity contribution >= 4 is 15.9 Å². The first-order chi connectivity index (χ1) is 9.95. The van der Waals surface area contributed by atoms with E-state index in [2.05, 4.69) is 26.1 Å². The van der Waals surface area contributed by atoms with Gasteiger partial charge in [0.2, 0.25) is 11.7 Å². The van der Waals surface area contributed by atoms with Gasteiger partial charge in [-0.05, 0) is 38.0 Å². The van der Waals surface area contributed by atoms with Crippen molar-refractivity contribution in [2.75, 3.05) is 0 Å². The molecule has 0 aliphatic rings. The van der Waals surface area contributed by atoms with Crippen LogP contribution in [0.15, 0.2) is 27.2 Å². The Hall–Kier alpha value is -1.27. The number of hydrogen-bond donors (Lipinski definition) is 1. The molecule has 21 heavy (non-hydrogen) atoms. The highest BCUT2D eigenvalue weighted by Gasteiger charge is 2.16. The molecule has 114 valence electrons. The second-order valence-electron chi connectivity index (χ2n) is 5.42. The quantitative estimate of drug-likeness (QED) is 0.840. The maximum absolute atomic E-state index is 13.4. The SMILES string of the molecule is CC(N)CCCC(C)c1nc(-c2cc(F)cc(Br)c2)no1. The lowest BCUT2D eigenvalue weighted by Gasteiger charge is -2.07. The van der Waals surface area contributed by atoms with Gasteiger partial charge in [-0.3, -0.25) is 0 Å². The largest absolute Gasteiger partial charge is 0.339 e. The highest BCUT2D eigenvalue weighted by molar-refractivity contribution is 9.10. The predicted molar refractivity (Wildman–Crippen MR) is 83.3 cm³/mol. The number of nitrogens with two attached hydrogens (primary N) is 1. The summed E-state index contributed by atoms with van der Waals surface area (Å²) in [7, 11) is 0. The number of aromatic nitrogens is 2. The second-order valence-corrected chi connectivity index (χ2v) is 6.34. The number of halogens is 2. The molecule has 2 atom stereocenters. The molecule has 0 spiro atoms. The van der Waals surface area contributed by atoms with Crippen LogP contribution in [0.5, 0.6) is 0 Å². The Morgan fingerprint density at radius 3 is 2.71 bits per heavy atom. The molecule has 2 aromatic rings. The Balaban J connectivity index is 2.06. The summed E-state index contributed by atoms with van der Waals surface area (Å²) in [5.41, 5.74) is 6.33. The van der Waals surface area contributed by atoms with E-state index in [1.165, 1.54) is 12.1 Å². The smallest absolute Gasteiger partial charge is 0.229 e. The zero-order valence-electron chi connectivity index (χ0n) is 12.1. The first kappa shape index (κ1) is 16.1. The van der Waals surface area contributed by atoms with Crippen molar-refractivity contribution in [3.63, 3.8) is 0 Å². The van der Waals surface area contributed by atoms with Gasteiger partial charge in [0.05, 0.1) is 0 Å². The van der Waals surface area contributed by atoms with Crippen molar-refractivity contribution in [1.29, 1.82) is 0 Å². The standard InChI is InChI=1S/C15H19BrFN3O/c1-9(4-3-5-10(2)18)15-19-14(20-21-15)11-6-12(16)8-13(17)7-11/h6-10H,3-5,18H2,1-2H3. The Labute approximate surface area is 132 Å². The van der Waals surface area contributed by atoms with E-state index in [9.17, 15) is 4.39 Å². The third-order valence-corrected chi connectivity index (χ3v) is 3.74. The van der Waals surface area contributed by atoms with Crippen LogP contribution in [0.3, 0.4) is 0 Å². The van der Waals surface area contributed by atoms with Crippen LogP contribution in [0.2, 0.25) is 0 Å². The van der Waals surface area contributed by atoms with E-state index in [-0.39, 0.29) is 17.8 Å². The lowest BCUT2D eigenvalue weighted by molar-refractivity contribution is 0.350. The van der Waals surface area contributed by atoms with E-state index in [0.29, 0.717) is 21.8 Å². The Morgan fingerprint density at radius 2 is 2.05 bits per heavy atom. The molecule has 0 amide bonds. The third kappa shape index (κ3) is 4.61. The molecule has 1 aromatic heterocycles. The van der Waals surface area contributed by atoms with Gasteiger partial charge in [0.1, 0.15) is 5.82 Å². The molecular weight excluding hydrogens is 337 g/mol. The van der Waals surface area contributed by atoms with E-state index in [1.54, 1.807) is 6.07 Å². The van der Waals surface area contributed by atoms with Gasteiger partial charge in [-0.15, -0.1) is 0 Å². The fraction of sp³-hybridized carbons (Fsp3) is 0.467. The maximum atomic E-state index is 13.4. The molecular formula is C15H19BrFN3O. The number of benzene rings is 1. The van der Waals surface area contributed by atoms with Crippen LogP contribution in [-0.4, -0.2) is 16.2 Å². The lowest BCUT2D eigenvalue weighted by Crippen LogP contribution is -2.14. The molecule has 2 unspecified atom stereocenters. The van der Waals surface area contributed by atoms with Crippen molar-refractivity contribution in [3.05, 3.63) is 34.4 Å². The summed E-state index contributed by atoms with van der Waals surface area (Å²) in [6.07, 6.45) is 2.93. The van der Waals surface area contributed by atoms with E-state index < -0.39 is 0 Å². The molecule has 0 bridgehead atoms. The molecule has 4 nitrogen and oxygen atoms in total. The van der Waals surface area contributed by atoms with Crippen molar-refractivity contribution in [2.45, 2.75) is 45.1 Å². The molecule has 0 saturated heterocycles. The minimum absolute atomic E-state index is 0.169. The van der Waals surface area contributed by atoms with Gasteiger partial charge in [0.15, 0.2) is 0 Å². The van der Waals surface area contributed by atoms with Gasteiger partial charge in [-0.25, -0.2) is 4.39 Å². The molecule has 0 fully saturated rings. The fourth-order valence-corrected chi connectivity index (χ4v) is 2.57. The summed E-state index contributed by atoms with van der Waals surface area (Å²) in [6.45, 7) is 4.04. The molecule has 0 saturated carbocycles. The monoisotopic (exact) mass is 355 g/mol. The van der Waals surface area contributed by atoms with Crippen molar-refractivity contribution in [3.8, 4) is 11.4 Å². The zero-order valence-corrected chi connectivity index (χ0v) is 13.7. The normalized spacial score (nSPS) is 14.1. The zero-order chi connectivity index (χ0) is 15.4. The highest BCUT2D eigenvalue weighted by Crippen LogP contribution is 2.26. The van der Waals surface area contributed by atoms with Gasteiger partial charge in [-0.2, -0.15) is 4.98 Å². The molecule has 0 radical (unpaired) electrons. The summed E-state index contributed by atoms with van der Waals surface area (Å²) in [6, 6.07) is 4.75. The average molecular weight is 356 g/mol. The van der Waals surface area contributed by atoms with Crippen LogP contribution in [0.4, 0.5) is 4.39 Å². The van der Waals surface area contributed by atoms with Crippen LogP contribution < -0.4 is 5.73 Å². The second kappa shape index (κ2) is 7.13. The summed E-state index contributed by atoms with van der Waals surface area (Å²) in [5, 5.41) is 3.93. The fourth-order valence-electron chi connectivity index (χ4n) is 2.11. The number of rotatable bonds is 6. The van der Waals surface area contributed by atoms with Crippen LogP contribution in [0.25, 0.3) is 11.4 Å². The molecule has 2 N–H and O–H groups in total. The summed E-state index contributed by atoms with van der Waals surface area (Å²) in [5.74, 6) is 0.817. The van der Waals surface area contributed by atoms with E-state index in [4.69, 9.17) is 10.3 Å². The van der Waals surface area contributed by atoms with Crippen LogP contribution in [-0.2, 0) is 0 Å². The average Bonchev–Trinajstić information content (AvgIpc) is 2.86. The maximum Gasteiger partial charge on any atom is 0.229 e.